The van der Waals surface area contributed by atoms with Crippen molar-refractivity contribution < 1.29 is 4.79 Å². The van der Waals surface area contributed by atoms with Gasteiger partial charge in [-0.2, -0.15) is 0 Å². The van der Waals surface area contributed by atoms with Crippen molar-refractivity contribution in [2.24, 2.45) is 0 Å². The van der Waals surface area contributed by atoms with Gasteiger partial charge in [-0.05, 0) is 32.3 Å². The van der Waals surface area contributed by atoms with Crippen molar-refractivity contribution in [1.82, 2.24) is 0 Å². The molecule has 0 aliphatic heterocycles. The first-order valence-corrected chi connectivity index (χ1v) is 4.88. The lowest BCUT2D eigenvalue weighted by Gasteiger charge is -2.01. The van der Waals surface area contributed by atoms with Gasteiger partial charge in [0, 0.05) is 0 Å². The Hall–Kier alpha value is -0.590. The van der Waals surface area contributed by atoms with E-state index < -0.39 is 0 Å². The molecule has 0 spiro atoms. The summed E-state index contributed by atoms with van der Waals surface area (Å²) >= 11 is 0. The molecule has 0 amide bonds. The second kappa shape index (κ2) is 7.08. The van der Waals surface area contributed by atoms with Gasteiger partial charge < -0.3 is 0 Å². The molecule has 0 N–H and O–H groups in total. The highest BCUT2D eigenvalue weighted by atomic mass is 16.1. The van der Waals surface area contributed by atoms with E-state index in [-0.39, 0.29) is 5.78 Å². The SMILES string of the molecule is CC=C(CCCCCC)C(C)=O. The quantitative estimate of drug-likeness (QED) is 0.438. The Balaban J connectivity index is 3.54. The van der Waals surface area contributed by atoms with Crippen LogP contribution in [0.3, 0.4) is 0 Å². The molecule has 1 heteroatoms. The minimum atomic E-state index is 0.231. The first kappa shape index (κ1) is 11.4. The Labute approximate surface area is 75.9 Å². The average molecular weight is 168 g/mol. The standard InChI is InChI=1S/C11H20O/c1-4-6-7-8-9-11(5-2)10(3)12/h5H,4,6-9H2,1-3H3. The van der Waals surface area contributed by atoms with Crippen LogP contribution in [0.4, 0.5) is 0 Å². The van der Waals surface area contributed by atoms with Gasteiger partial charge in [0.1, 0.15) is 0 Å². The third-order valence-electron chi connectivity index (χ3n) is 2.10. The maximum atomic E-state index is 11.0. The van der Waals surface area contributed by atoms with E-state index in [0.717, 1.165) is 18.4 Å². The molecule has 0 saturated heterocycles. The van der Waals surface area contributed by atoms with Gasteiger partial charge >= 0.3 is 0 Å². The maximum Gasteiger partial charge on any atom is 0.155 e. The first-order chi connectivity index (χ1) is 5.72. The third kappa shape index (κ3) is 5.11. The summed E-state index contributed by atoms with van der Waals surface area (Å²) in [5.41, 5.74) is 0.992. The number of carbonyl (C=O) groups excluding carboxylic acids is 1. The molecule has 0 rings (SSSR count). The lowest BCUT2D eigenvalue weighted by molar-refractivity contribution is -0.113. The molecule has 0 atom stereocenters. The van der Waals surface area contributed by atoms with Crippen LogP contribution < -0.4 is 0 Å². The topological polar surface area (TPSA) is 17.1 Å². The Morgan fingerprint density at radius 2 is 1.92 bits per heavy atom. The molecule has 1 nitrogen and oxygen atoms in total. The highest BCUT2D eigenvalue weighted by molar-refractivity contribution is 5.93. The summed E-state index contributed by atoms with van der Waals surface area (Å²) in [4.78, 5) is 11.0. The van der Waals surface area contributed by atoms with Crippen molar-refractivity contribution >= 4 is 5.78 Å². The number of carbonyl (C=O) groups is 1. The van der Waals surface area contributed by atoms with Gasteiger partial charge in [-0.1, -0.05) is 32.3 Å². The van der Waals surface area contributed by atoms with E-state index in [1.165, 1.54) is 19.3 Å². The van der Waals surface area contributed by atoms with Crippen LogP contribution in [-0.2, 0) is 4.79 Å². The molecule has 0 fully saturated rings. The number of hydrogen-bond acceptors (Lipinski definition) is 1. The lowest BCUT2D eigenvalue weighted by atomic mass is 10.0. The summed E-state index contributed by atoms with van der Waals surface area (Å²) in [6.07, 6.45) is 7.86. The summed E-state index contributed by atoms with van der Waals surface area (Å²) in [6.45, 7) is 5.78. The van der Waals surface area contributed by atoms with Crippen LogP contribution in [0.25, 0.3) is 0 Å². The molecule has 0 radical (unpaired) electrons. The molecule has 0 aliphatic carbocycles. The number of rotatable bonds is 6. The fourth-order valence-electron chi connectivity index (χ4n) is 1.27. The zero-order valence-electron chi connectivity index (χ0n) is 8.52. The van der Waals surface area contributed by atoms with E-state index in [4.69, 9.17) is 0 Å². The number of hydrogen-bond donors (Lipinski definition) is 0. The average Bonchev–Trinajstić information content (AvgIpc) is 2.04. The van der Waals surface area contributed by atoms with Crippen molar-refractivity contribution in [1.29, 1.82) is 0 Å². The van der Waals surface area contributed by atoms with Crippen LogP contribution in [0.5, 0.6) is 0 Å². The molecule has 0 saturated carbocycles. The molecule has 0 aromatic heterocycles. The molecule has 70 valence electrons. The summed E-state index contributed by atoms with van der Waals surface area (Å²) in [6, 6.07) is 0. The van der Waals surface area contributed by atoms with Crippen LogP contribution in [0.1, 0.15) is 52.9 Å². The Morgan fingerprint density at radius 3 is 2.33 bits per heavy atom. The monoisotopic (exact) mass is 168 g/mol. The van der Waals surface area contributed by atoms with E-state index in [1.54, 1.807) is 6.92 Å². The molecule has 0 aliphatic rings. The molecule has 0 aromatic carbocycles. The zero-order valence-corrected chi connectivity index (χ0v) is 8.52. The summed E-state index contributed by atoms with van der Waals surface area (Å²) < 4.78 is 0. The normalized spacial score (nSPS) is 11.8. The smallest absolute Gasteiger partial charge is 0.155 e. The Kier molecular flexibility index (Phi) is 6.73. The zero-order chi connectivity index (χ0) is 9.40. The highest BCUT2D eigenvalue weighted by Gasteiger charge is 2.00. The van der Waals surface area contributed by atoms with E-state index in [2.05, 4.69) is 6.92 Å². The van der Waals surface area contributed by atoms with Gasteiger partial charge in [0.15, 0.2) is 5.78 Å². The molecule has 0 heterocycles. The van der Waals surface area contributed by atoms with Crippen LogP contribution >= 0.6 is 0 Å². The Morgan fingerprint density at radius 1 is 1.25 bits per heavy atom. The summed E-state index contributed by atoms with van der Waals surface area (Å²) in [7, 11) is 0. The maximum absolute atomic E-state index is 11.0. The van der Waals surface area contributed by atoms with E-state index in [0.29, 0.717) is 0 Å². The van der Waals surface area contributed by atoms with Crippen LogP contribution in [0.2, 0.25) is 0 Å². The van der Waals surface area contributed by atoms with Crippen LogP contribution in [0, 0.1) is 0 Å². The van der Waals surface area contributed by atoms with Gasteiger partial charge in [-0.25, -0.2) is 0 Å². The number of Topliss-reactive ketones (excluding diaryl/α,β-unsaturated/α-hetero) is 1. The second-order valence-corrected chi connectivity index (χ2v) is 3.18. The summed E-state index contributed by atoms with van der Waals surface area (Å²) in [5, 5.41) is 0. The second-order valence-electron chi connectivity index (χ2n) is 3.18. The van der Waals surface area contributed by atoms with E-state index >= 15 is 0 Å². The van der Waals surface area contributed by atoms with E-state index in [9.17, 15) is 4.79 Å². The fraction of sp³-hybridized carbons (Fsp3) is 0.727. The molecule has 12 heavy (non-hydrogen) atoms. The highest BCUT2D eigenvalue weighted by Crippen LogP contribution is 2.10. The van der Waals surface area contributed by atoms with Crippen molar-refractivity contribution in [3.8, 4) is 0 Å². The van der Waals surface area contributed by atoms with Crippen LogP contribution in [0.15, 0.2) is 11.6 Å². The largest absolute Gasteiger partial charge is 0.295 e. The molecule has 0 aromatic rings. The Bertz CT molecular complexity index is 156. The molecular weight excluding hydrogens is 148 g/mol. The molecular formula is C11H20O. The van der Waals surface area contributed by atoms with Gasteiger partial charge in [0.05, 0.1) is 0 Å². The number of unbranched alkanes of at least 4 members (excludes halogenated alkanes) is 3. The predicted octanol–water partition coefficient (Wildman–Crippen LogP) is 3.49. The van der Waals surface area contributed by atoms with Gasteiger partial charge in [0.2, 0.25) is 0 Å². The third-order valence-corrected chi connectivity index (χ3v) is 2.10. The van der Waals surface area contributed by atoms with Crippen LogP contribution in [-0.4, -0.2) is 5.78 Å². The van der Waals surface area contributed by atoms with Crippen molar-refractivity contribution in [3.05, 3.63) is 11.6 Å². The van der Waals surface area contributed by atoms with Gasteiger partial charge in [-0.3, -0.25) is 4.79 Å². The number of allylic oxidation sites excluding steroid dienone is 2. The molecule has 0 bridgehead atoms. The minimum absolute atomic E-state index is 0.231. The van der Waals surface area contributed by atoms with Crippen molar-refractivity contribution in [3.63, 3.8) is 0 Å². The molecule has 0 unspecified atom stereocenters. The fourth-order valence-corrected chi connectivity index (χ4v) is 1.27. The van der Waals surface area contributed by atoms with Gasteiger partial charge in [-0.15, -0.1) is 0 Å². The lowest BCUT2D eigenvalue weighted by Crippen LogP contribution is -1.95. The minimum Gasteiger partial charge on any atom is -0.295 e. The van der Waals surface area contributed by atoms with Crippen molar-refractivity contribution in [2.45, 2.75) is 52.9 Å². The first-order valence-electron chi connectivity index (χ1n) is 4.88. The van der Waals surface area contributed by atoms with E-state index in [1.807, 2.05) is 13.0 Å². The van der Waals surface area contributed by atoms with Crippen molar-refractivity contribution in [2.75, 3.05) is 0 Å². The summed E-state index contributed by atoms with van der Waals surface area (Å²) in [5.74, 6) is 0.231. The predicted molar refractivity (Wildman–Crippen MR) is 53.2 cm³/mol. The number of ketones is 1. The van der Waals surface area contributed by atoms with Gasteiger partial charge in [0.25, 0.3) is 0 Å².